The van der Waals surface area contributed by atoms with E-state index in [-0.39, 0.29) is 29.4 Å². The molecule has 0 radical (unpaired) electrons. The number of aliphatic hydroxyl groups excluding tert-OH is 1. The van der Waals surface area contributed by atoms with Crippen molar-refractivity contribution in [3.63, 3.8) is 0 Å². The second-order valence-corrected chi connectivity index (χ2v) is 4.80. The molecule has 98 valence electrons. The van der Waals surface area contributed by atoms with Gasteiger partial charge in [0.2, 0.25) is 0 Å². The first-order valence-electron chi connectivity index (χ1n) is 6.11. The van der Waals surface area contributed by atoms with Gasteiger partial charge in [-0.2, -0.15) is 0 Å². The molecule has 1 fully saturated rings. The molecule has 6 heteroatoms. The first kappa shape index (κ1) is 13.2. The quantitative estimate of drug-likeness (QED) is 0.884. The van der Waals surface area contributed by atoms with Crippen LogP contribution in [0.2, 0.25) is 5.15 Å². The first-order chi connectivity index (χ1) is 8.72. The lowest BCUT2D eigenvalue weighted by molar-refractivity contribution is 0.0593. The van der Waals surface area contributed by atoms with Gasteiger partial charge in [0, 0.05) is 6.54 Å². The Kier molecular flexibility index (Phi) is 4.49. The van der Waals surface area contributed by atoms with Gasteiger partial charge in [-0.1, -0.05) is 24.4 Å². The monoisotopic (exact) mass is 269 g/mol. The SMILES string of the molecule is O=C(c1cncc(Cl)n1)N1CCCCCC1CO. The minimum atomic E-state index is -0.203. The van der Waals surface area contributed by atoms with E-state index in [0.717, 1.165) is 25.7 Å². The predicted molar refractivity (Wildman–Crippen MR) is 67.4 cm³/mol. The van der Waals surface area contributed by atoms with Gasteiger partial charge in [0.15, 0.2) is 0 Å². The van der Waals surface area contributed by atoms with E-state index in [1.807, 2.05) is 0 Å². The lowest BCUT2D eigenvalue weighted by Gasteiger charge is -2.28. The number of amides is 1. The van der Waals surface area contributed by atoms with Crippen LogP contribution in [-0.4, -0.2) is 45.1 Å². The molecule has 1 unspecified atom stereocenters. The molecule has 18 heavy (non-hydrogen) atoms. The predicted octanol–water partition coefficient (Wildman–Crippen LogP) is 1.51. The van der Waals surface area contributed by atoms with Crippen LogP contribution in [0.5, 0.6) is 0 Å². The summed E-state index contributed by atoms with van der Waals surface area (Å²) >= 11 is 5.74. The molecular weight excluding hydrogens is 254 g/mol. The van der Waals surface area contributed by atoms with Gasteiger partial charge in [-0.15, -0.1) is 0 Å². The molecule has 1 saturated heterocycles. The molecule has 1 atom stereocenters. The van der Waals surface area contributed by atoms with Crippen molar-refractivity contribution in [2.24, 2.45) is 0 Å². The van der Waals surface area contributed by atoms with E-state index in [9.17, 15) is 9.90 Å². The highest BCUT2D eigenvalue weighted by atomic mass is 35.5. The highest BCUT2D eigenvalue weighted by molar-refractivity contribution is 6.29. The zero-order chi connectivity index (χ0) is 13.0. The summed E-state index contributed by atoms with van der Waals surface area (Å²) in [6.45, 7) is 0.637. The number of aromatic nitrogens is 2. The molecule has 1 aromatic heterocycles. The molecule has 0 saturated carbocycles. The maximum atomic E-state index is 12.3. The average molecular weight is 270 g/mol. The molecular formula is C12H16ClN3O2. The van der Waals surface area contributed by atoms with Crippen LogP contribution in [0.4, 0.5) is 0 Å². The summed E-state index contributed by atoms with van der Waals surface area (Å²) in [5.41, 5.74) is 0.239. The molecule has 2 rings (SSSR count). The van der Waals surface area contributed by atoms with Crippen molar-refractivity contribution < 1.29 is 9.90 Å². The smallest absolute Gasteiger partial charge is 0.274 e. The second kappa shape index (κ2) is 6.11. The van der Waals surface area contributed by atoms with Crippen LogP contribution in [0.25, 0.3) is 0 Å². The number of nitrogens with zero attached hydrogens (tertiary/aromatic N) is 3. The van der Waals surface area contributed by atoms with Gasteiger partial charge < -0.3 is 10.0 Å². The molecule has 0 bridgehead atoms. The van der Waals surface area contributed by atoms with Crippen LogP contribution >= 0.6 is 11.6 Å². The van der Waals surface area contributed by atoms with Crippen LogP contribution in [0.15, 0.2) is 12.4 Å². The zero-order valence-corrected chi connectivity index (χ0v) is 10.8. The van der Waals surface area contributed by atoms with E-state index < -0.39 is 0 Å². The lowest BCUT2D eigenvalue weighted by atomic mass is 10.1. The van der Waals surface area contributed by atoms with Crippen molar-refractivity contribution in [2.45, 2.75) is 31.7 Å². The van der Waals surface area contributed by atoms with E-state index in [1.54, 1.807) is 4.90 Å². The molecule has 5 nitrogen and oxygen atoms in total. The summed E-state index contributed by atoms with van der Waals surface area (Å²) in [4.78, 5) is 21.9. The van der Waals surface area contributed by atoms with E-state index >= 15 is 0 Å². The van der Waals surface area contributed by atoms with Crippen LogP contribution in [-0.2, 0) is 0 Å². The van der Waals surface area contributed by atoms with Gasteiger partial charge in [0.1, 0.15) is 10.8 Å². The number of aliphatic hydroxyl groups is 1. The first-order valence-corrected chi connectivity index (χ1v) is 6.49. The summed E-state index contributed by atoms with van der Waals surface area (Å²) in [5.74, 6) is -0.203. The number of carbonyl (C=O) groups is 1. The van der Waals surface area contributed by atoms with Crippen molar-refractivity contribution in [2.75, 3.05) is 13.2 Å². The van der Waals surface area contributed by atoms with E-state index in [1.165, 1.54) is 12.4 Å². The third-order valence-electron chi connectivity index (χ3n) is 3.17. The van der Waals surface area contributed by atoms with Crippen LogP contribution < -0.4 is 0 Å². The Morgan fingerprint density at radius 1 is 1.44 bits per heavy atom. The standard InChI is InChI=1S/C12H16ClN3O2/c13-11-7-14-6-10(15-11)12(18)16-5-3-1-2-4-9(16)8-17/h6-7,9,17H,1-5,8H2. The van der Waals surface area contributed by atoms with Gasteiger partial charge in [0.05, 0.1) is 25.0 Å². The number of hydrogen-bond donors (Lipinski definition) is 1. The summed E-state index contributed by atoms with van der Waals surface area (Å²) in [7, 11) is 0. The fourth-order valence-corrected chi connectivity index (χ4v) is 2.37. The number of likely N-dealkylation sites (tertiary alicyclic amines) is 1. The van der Waals surface area contributed by atoms with Crippen LogP contribution in [0.3, 0.4) is 0 Å². The van der Waals surface area contributed by atoms with Gasteiger partial charge in [-0.25, -0.2) is 4.98 Å². The second-order valence-electron chi connectivity index (χ2n) is 4.41. The van der Waals surface area contributed by atoms with E-state index in [2.05, 4.69) is 9.97 Å². The number of rotatable bonds is 2. The number of carbonyl (C=O) groups excluding carboxylic acids is 1. The van der Waals surface area contributed by atoms with Gasteiger partial charge in [-0.3, -0.25) is 9.78 Å². The Labute approximate surface area is 111 Å². The van der Waals surface area contributed by atoms with Crippen LogP contribution in [0, 0.1) is 0 Å². The van der Waals surface area contributed by atoms with Gasteiger partial charge in [0.25, 0.3) is 5.91 Å². The molecule has 1 N–H and O–H groups in total. The Balaban J connectivity index is 2.19. The minimum Gasteiger partial charge on any atom is -0.394 e. The third-order valence-corrected chi connectivity index (χ3v) is 3.36. The fraction of sp³-hybridized carbons (Fsp3) is 0.583. The zero-order valence-electron chi connectivity index (χ0n) is 10.0. The fourth-order valence-electron chi connectivity index (χ4n) is 2.23. The van der Waals surface area contributed by atoms with E-state index in [4.69, 9.17) is 11.6 Å². The summed E-state index contributed by atoms with van der Waals surface area (Å²) in [6.07, 6.45) is 6.71. The molecule has 1 amide bonds. The lowest BCUT2D eigenvalue weighted by Crippen LogP contribution is -2.42. The average Bonchev–Trinajstić information content (AvgIpc) is 2.62. The molecule has 2 heterocycles. The van der Waals surface area contributed by atoms with Gasteiger partial charge in [-0.05, 0) is 12.8 Å². The minimum absolute atomic E-state index is 0.0142. The molecule has 1 aliphatic rings. The Bertz CT molecular complexity index is 428. The molecule has 1 aromatic rings. The number of halogens is 1. The molecule has 1 aliphatic heterocycles. The third kappa shape index (κ3) is 2.97. The topological polar surface area (TPSA) is 66.3 Å². The highest BCUT2D eigenvalue weighted by Crippen LogP contribution is 2.18. The maximum Gasteiger partial charge on any atom is 0.274 e. The van der Waals surface area contributed by atoms with Crippen molar-refractivity contribution in [1.82, 2.24) is 14.9 Å². The van der Waals surface area contributed by atoms with E-state index in [0.29, 0.717) is 6.54 Å². The Hall–Kier alpha value is -1.20. The van der Waals surface area contributed by atoms with Crippen molar-refractivity contribution in [1.29, 1.82) is 0 Å². The largest absolute Gasteiger partial charge is 0.394 e. The molecule has 0 spiro atoms. The van der Waals surface area contributed by atoms with Crippen molar-refractivity contribution in [3.05, 3.63) is 23.2 Å². The normalized spacial score (nSPS) is 20.6. The Morgan fingerprint density at radius 2 is 2.28 bits per heavy atom. The van der Waals surface area contributed by atoms with Crippen molar-refractivity contribution >= 4 is 17.5 Å². The van der Waals surface area contributed by atoms with Crippen LogP contribution in [0.1, 0.15) is 36.2 Å². The highest BCUT2D eigenvalue weighted by Gasteiger charge is 2.26. The summed E-state index contributed by atoms with van der Waals surface area (Å²) in [5, 5.41) is 9.59. The molecule has 0 aliphatic carbocycles. The maximum absolute atomic E-state index is 12.3. The number of hydrogen-bond acceptors (Lipinski definition) is 4. The summed E-state index contributed by atoms with van der Waals surface area (Å²) in [6, 6.07) is -0.124. The van der Waals surface area contributed by atoms with Crippen molar-refractivity contribution in [3.8, 4) is 0 Å². The Morgan fingerprint density at radius 3 is 3.00 bits per heavy atom. The summed E-state index contributed by atoms with van der Waals surface area (Å²) < 4.78 is 0. The van der Waals surface area contributed by atoms with Gasteiger partial charge >= 0.3 is 0 Å². The molecule has 0 aromatic carbocycles.